The Morgan fingerprint density at radius 3 is 1.72 bits per heavy atom. The molecule has 3 heterocycles. The third-order valence-electron chi connectivity index (χ3n) is 13.3. The van der Waals surface area contributed by atoms with E-state index in [1.807, 2.05) is 11.3 Å². The monoisotopic (exact) mass is 782 g/mol. The van der Waals surface area contributed by atoms with Gasteiger partial charge >= 0.3 is 0 Å². The Morgan fingerprint density at radius 1 is 0.383 bits per heavy atom. The molecule has 0 unspecified atom stereocenters. The van der Waals surface area contributed by atoms with Crippen LogP contribution in [0.4, 0.5) is 17.1 Å². The van der Waals surface area contributed by atoms with Crippen molar-refractivity contribution in [2.24, 2.45) is 0 Å². The fourth-order valence-electron chi connectivity index (χ4n) is 10.4. The van der Waals surface area contributed by atoms with Crippen LogP contribution in [-0.4, -0.2) is 4.40 Å². The highest BCUT2D eigenvalue weighted by atomic mass is 32.1. The van der Waals surface area contributed by atoms with Crippen LogP contribution < -0.4 is 4.90 Å². The van der Waals surface area contributed by atoms with Crippen LogP contribution in [0, 0.1) is 0 Å². The highest BCUT2D eigenvalue weighted by Gasteiger charge is 2.35. The van der Waals surface area contributed by atoms with Crippen molar-refractivity contribution < 1.29 is 0 Å². The van der Waals surface area contributed by atoms with Gasteiger partial charge in [-0.15, -0.1) is 11.3 Å². The molecule has 3 heteroatoms. The molecule has 0 aliphatic heterocycles. The fraction of sp³-hybridized carbons (Fsp3) is 0.0526. The second kappa shape index (κ2) is 12.4. The normalized spacial score (nSPS) is 13.3. The van der Waals surface area contributed by atoms with Crippen LogP contribution in [0.1, 0.15) is 25.0 Å². The summed E-state index contributed by atoms with van der Waals surface area (Å²) in [4.78, 5) is 2.42. The van der Waals surface area contributed by atoms with E-state index in [1.165, 1.54) is 103 Å². The quantitative estimate of drug-likeness (QED) is 0.169. The lowest BCUT2D eigenvalue weighted by Crippen LogP contribution is -2.16. The smallest absolute Gasteiger partial charge is 0.0620 e. The lowest BCUT2D eigenvalue weighted by atomic mass is 9.82. The van der Waals surface area contributed by atoms with Gasteiger partial charge in [-0.3, -0.25) is 0 Å². The van der Waals surface area contributed by atoms with Crippen molar-refractivity contribution in [2.45, 2.75) is 19.3 Å². The molecule has 0 radical (unpaired) electrons. The minimum atomic E-state index is -0.100. The first-order valence-corrected chi connectivity index (χ1v) is 21.6. The fourth-order valence-corrected chi connectivity index (χ4v) is 11.5. The summed E-state index contributed by atoms with van der Waals surface area (Å²) >= 11 is 1.87. The van der Waals surface area contributed by atoms with E-state index in [9.17, 15) is 0 Å². The minimum absolute atomic E-state index is 0.100. The van der Waals surface area contributed by atoms with Gasteiger partial charge in [0.25, 0.3) is 0 Å². The first-order chi connectivity index (χ1) is 29.5. The van der Waals surface area contributed by atoms with Crippen molar-refractivity contribution in [1.29, 1.82) is 0 Å². The van der Waals surface area contributed by atoms with Crippen molar-refractivity contribution in [1.82, 2.24) is 4.40 Å². The first kappa shape index (κ1) is 33.7. The highest BCUT2D eigenvalue weighted by Crippen LogP contribution is 2.51. The second-order valence-electron chi connectivity index (χ2n) is 16.9. The molecule has 3 aromatic heterocycles. The zero-order valence-electron chi connectivity index (χ0n) is 33.3. The molecular formula is C57H38N2S. The number of fused-ring (bicyclic) bond motifs is 12. The Hall–Kier alpha value is -7.20. The largest absolute Gasteiger partial charge is 0.310 e. The first-order valence-electron chi connectivity index (χ1n) is 20.8. The molecule has 0 fully saturated rings. The molecule has 0 spiro atoms. The molecule has 12 aromatic rings. The van der Waals surface area contributed by atoms with Crippen LogP contribution in [0.3, 0.4) is 0 Å². The molecule has 0 saturated carbocycles. The van der Waals surface area contributed by atoms with Crippen LogP contribution in [0.2, 0.25) is 0 Å². The maximum absolute atomic E-state index is 2.45. The number of para-hydroxylation sites is 2. The zero-order valence-corrected chi connectivity index (χ0v) is 34.1. The van der Waals surface area contributed by atoms with Crippen LogP contribution in [0.15, 0.2) is 194 Å². The molecule has 2 nitrogen and oxygen atoms in total. The maximum atomic E-state index is 2.45. The number of hydrogen-bond donors (Lipinski definition) is 0. The van der Waals surface area contributed by atoms with Gasteiger partial charge in [-0.1, -0.05) is 135 Å². The van der Waals surface area contributed by atoms with Gasteiger partial charge in [-0.2, -0.15) is 0 Å². The number of rotatable bonds is 5. The van der Waals surface area contributed by atoms with Crippen molar-refractivity contribution in [3.63, 3.8) is 0 Å². The average molecular weight is 783 g/mol. The van der Waals surface area contributed by atoms with Crippen LogP contribution in [-0.2, 0) is 5.41 Å². The lowest BCUT2D eigenvalue weighted by Gasteiger charge is -2.28. The summed E-state index contributed by atoms with van der Waals surface area (Å²) in [5.41, 5.74) is 17.4. The van der Waals surface area contributed by atoms with Gasteiger partial charge in [0.2, 0.25) is 0 Å². The number of benzene rings is 9. The number of anilines is 3. The van der Waals surface area contributed by atoms with E-state index in [0.717, 1.165) is 17.1 Å². The van der Waals surface area contributed by atoms with E-state index in [1.54, 1.807) is 0 Å². The number of hydrogen-bond acceptors (Lipinski definition) is 2. The summed E-state index contributed by atoms with van der Waals surface area (Å²) in [7, 11) is 0. The second-order valence-corrected chi connectivity index (χ2v) is 18.0. The van der Waals surface area contributed by atoms with E-state index in [2.05, 4.69) is 217 Å². The Kier molecular flexibility index (Phi) is 6.98. The summed E-state index contributed by atoms with van der Waals surface area (Å²) in [6.07, 6.45) is 0. The molecule has 13 rings (SSSR count). The van der Waals surface area contributed by atoms with Crippen LogP contribution >= 0.6 is 11.3 Å². The van der Waals surface area contributed by atoms with E-state index in [-0.39, 0.29) is 5.41 Å². The number of aromatic nitrogens is 1. The molecule has 60 heavy (non-hydrogen) atoms. The van der Waals surface area contributed by atoms with Crippen molar-refractivity contribution in [3.8, 4) is 33.4 Å². The van der Waals surface area contributed by atoms with Crippen LogP contribution in [0.25, 0.3) is 91.6 Å². The summed E-state index contributed by atoms with van der Waals surface area (Å²) in [5.74, 6) is 0. The van der Waals surface area contributed by atoms with E-state index < -0.39 is 0 Å². The molecule has 0 atom stereocenters. The molecule has 0 bridgehead atoms. The molecule has 9 aromatic carbocycles. The molecule has 0 N–H and O–H groups in total. The van der Waals surface area contributed by atoms with Gasteiger partial charge in [-0.05, 0) is 117 Å². The van der Waals surface area contributed by atoms with E-state index in [0.29, 0.717) is 0 Å². The van der Waals surface area contributed by atoms with Gasteiger partial charge in [0.1, 0.15) is 0 Å². The van der Waals surface area contributed by atoms with E-state index >= 15 is 0 Å². The summed E-state index contributed by atoms with van der Waals surface area (Å²) in [6, 6.07) is 72.4. The van der Waals surface area contributed by atoms with Crippen molar-refractivity contribution >= 4 is 86.7 Å². The van der Waals surface area contributed by atoms with Gasteiger partial charge in [0.15, 0.2) is 0 Å². The SMILES string of the molecule is CC1(C)c2ccccc2-c2ccc(N(c3ccc(-c4ccc5sc6ccccc6c5c4)cc3)c3ccc(-c4ccc5c(c4)c4cccc6c7ccccc7n5c64)cc3)cc21. The molecule has 282 valence electrons. The number of thiophene rings is 1. The predicted molar refractivity (Wildman–Crippen MR) is 257 cm³/mol. The third-order valence-corrected chi connectivity index (χ3v) is 14.5. The van der Waals surface area contributed by atoms with Gasteiger partial charge < -0.3 is 9.30 Å². The molecular weight excluding hydrogens is 745 g/mol. The number of nitrogens with zero attached hydrogens (tertiary/aromatic N) is 2. The predicted octanol–water partition coefficient (Wildman–Crippen LogP) is 16.3. The Morgan fingerprint density at radius 2 is 0.933 bits per heavy atom. The lowest BCUT2D eigenvalue weighted by molar-refractivity contribution is 0.660. The maximum Gasteiger partial charge on any atom is 0.0620 e. The van der Waals surface area contributed by atoms with Gasteiger partial charge in [0.05, 0.1) is 16.6 Å². The average Bonchev–Trinajstić information content (AvgIpc) is 4.01. The van der Waals surface area contributed by atoms with Crippen LogP contribution in [0.5, 0.6) is 0 Å². The highest BCUT2D eigenvalue weighted by molar-refractivity contribution is 7.25. The summed E-state index contributed by atoms with van der Waals surface area (Å²) < 4.78 is 5.11. The molecule has 1 aliphatic rings. The Bertz CT molecular complexity index is 3680. The molecule has 0 saturated heterocycles. The Labute approximate surface area is 352 Å². The topological polar surface area (TPSA) is 7.65 Å². The summed E-state index contributed by atoms with van der Waals surface area (Å²) in [5, 5.41) is 7.87. The molecule has 1 aliphatic carbocycles. The Balaban J connectivity index is 0.915. The third kappa shape index (κ3) is 4.75. The van der Waals surface area contributed by atoms with Crippen molar-refractivity contribution in [3.05, 3.63) is 205 Å². The minimum Gasteiger partial charge on any atom is -0.310 e. The van der Waals surface area contributed by atoms with E-state index in [4.69, 9.17) is 0 Å². The van der Waals surface area contributed by atoms with Gasteiger partial charge in [-0.25, -0.2) is 0 Å². The van der Waals surface area contributed by atoms with Crippen molar-refractivity contribution in [2.75, 3.05) is 4.90 Å². The summed E-state index contributed by atoms with van der Waals surface area (Å²) in [6.45, 7) is 4.72. The molecule has 0 amide bonds. The zero-order chi connectivity index (χ0) is 39.7. The van der Waals surface area contributed by atoms with Gasteiger partial charge in [0, 0.05) is 64.2 Å². The standard InChI is InChI=1S/C57H38N2S/c1-57(2)50-15-6-3-10-42(50)43-29-28-41(34-51(43)57)58(40-26-20-36(21-27-40)38-23-31-55-49(33-38)45-12-5-8-17-54(45)60-55)39-24-18-35(19-25-39)37-22-30-53-48(32-37)47-14-9-13-46-44-11-4-7-16-52(44)59(53)56(46)47/h3-34H,1-2H3.